The summed E-state index contributed by atoms with van der Waals surface area (Å²) >= 11 is 4.26. The van der Waals surface area contributed by atoms with Crippen LogP contribution in [0.15, 0.2) is 41.3 Å². The van der Waals surface area contributed by atoms with Gasteiger partial charge in [0, 0.05) is 31.1 Å². The fraction of sp³-hybridized carbons (Fsp3) is 0.222. The van der Waals surface area contributed by atoms with E-state index in [9.17, 15) is 22.8 Å². The summed E-state index contributed by atoms with van der Waals surface area (Å²) in [7, 11) is 0. The first kappa shape index (κ1) is 18.3. The number of nitrogens with zero attached hydrogens (tertiary/aromatic N) is 2. The van der Waals surface area contributed by atoms with Gasteiger partial charge in [-0.2, -0.15) is 0 Å². The van der Waals surface area contributed by atoms with Crippen LogP contribution in [0.1, 0.15) is 20.7 Å². The highest BCUT2D eigenvalue weighted by atomic mass is 32.1. The molecule has 0 N–H and O–H groups in total. The van der Waals surface area contributed by atoms with E-state index in [1.165, 1.54) is 4.90 Å². The second kappa shape index (κ2) is 7.41. The molecule has 8 heteroatoms. The topological polar surface area (TPSA) is 40.6 Å². The molecular weight excluding hydrogens is 365 g/mol. The van der Waals surface area contributed by atoms with Gasteiger partial charge in [-0.05, 0) is 24.3 Å². The highest BCUT2D eigenvalue weighted by molar-refractivity contribution is 7.80. The lowest BCUT2D eigenvalue weighted by Crippen LogP contribution is -2.50. The average Bonchev–Trinajstić information content (AvgIpc) is 2.66. The Kier molecular flexibility index (Phi) is 5.22. The van der Waals surface area contributed by atoms with E-state index in [1.54, 1.807) is 29.2 Å². The van der Waals surface area contributed by atoms with Crippen LogP contribution in [0.5, 0.6) is 0 Å². The zero-order valence-corrected chi connectivity index (χ0v) is 14.5. The summed E-state index contributed by atoms with van der Waals surface area (Å²) in [6, 6.07) is 8.52. The van der Waals surface area contributed by atoms with E-state index in [-0.39, 0.29) is 32.1 Å². The molecule has 2 aromatic rings. The maximum absolute atomic E-state index is 13.8. The highest BCUT2D eigenvalue weighted by Gasteiger charge is 2.28. The van der Waals surface area contributed by atoms with Gasteiger partial charge in [-0.25, -0.2) is 13.2 Å². The Morgan fingerprint density at radius 3 is 1.88 bits per heavy atom. The summed E-state index contributed by atoms with van der Waals surface area (Å²) in [6.07, 6.45) is 0. The van der Waals surface area contributed by atoms with Crippen LogP contribution < -0.4 is 0 Å². The molecule has 2 aromatic carbocycles. The molecule has 3 rings (SSSR count). The van der Waals surface area contributed by atoms with Gasteiger partial charge < -0.3 is 9.80 Å². The number of carbonyl (C=O) groups is 2. The second-order valence-corrected chi connectivity index (χ2v) is 6.31. The smallest absolute Gasteiger partial charge is 0.257 e. The van der Waals surface area contributed by atoms with Crippen LogP contribution in [0, 0.1) is 17.5 Å². The summed E-state index contributed by atoms with van der Waals surface area (Å²) in [5.41, 5.74) is -0.0633. The minimum atomic E-state index is -1.67. The van der Waals surface area contributed by atoms with Crippen LogP contribution in [-0.4, -0.2) is 47.8 Å². The average molecular weight is 380 g/mol. The van der Waals surface area contributed by atoms with Crippen molar-refractivity contribution < 1.29 is 22.8 Å². The summed E-state index contributed by atoms with van der Waals surface area (Å²) in [5, 5.41) is 0. The minimum absolute atomic E-state index is 0.164. The molecule has 4 nitrogen and oxygen atoms in total. The Morgan fingerprint density at radius 1 is 0.769 bits per heavy atom. The Labute approximate surface area is 153 Å². The zero-order chi connectivity index (χ0) is 18.8. The van der Waals surface area contributed by atoms with E-state index in [1.807, 2.05) is 0 Å². The van der Waals surface area contributed by atoms with Gasteiger partial charge in [0.2, 0.25) is 0 Å². The molecule has 0 spiro atoms. The van der Waals surface area contributed by atoms with E-state index in [0.29, 0.717) is 10.5 Å². The number of halogens is 3. The number of rotatable bonds is 2. The standard InChI is InChI=1S/C18H15F3N2O2S/c19-13-6-5-12(15(20)16(13)21)18(25)23-9-7-22(8-10-23)17(24)11-3-1-2-4-14(11)26/h1-6,26H,7-10H2. The largest absolute Gasteiger partial charge is 0.335 e. The lowest BCUT2D eigenvalue weighted by Gasteiger charge is -2.35. The maximum Gasteiger partial charge on any atom is 0.257 e. The molecule has 1 aliphatic heterocycles. The van der Waals surface area contributed by atoms with E-state index in [4.69, 9.17) is 0 Å². The van der Waals surface area contributed by atoms with Crippen molar-refractivity contribution in [3.63, 3.8) is 0 Å². The normalized spacial score (nSPS) is 14.5. The molecule has 0 aromatic heterocycles. The number of amides is 2. The summed E-state index contributed by atoms with van der Waals surface area (Å²) in [4.78, 5) is 28.3. The molecule has 1 aliphatic rings. The minimum Gasteiger partial charge on any atom is -0.335 e. The van der Waals surface area contributed by atoms with Crippen LogP contribution in [-0.2, 0) is 0 Å². The second-order valence-electron chi connectivity index (χ2n) is 5.82. The maximum atomic E-state index is 13.8. The molecule has 1 fully saturated rings. The first-order valence-corrected chi connectivity index (χ1v) is 8.35. The van der Waals surface area contributed by atoms with Gasteiger partial charge in [0.1, 0.15) is 0 Å². The molecule has 26 heavy (non-hydrogen) atoms. The molecule has 1 saturated heterocycles. The molecule has 0 aliphatic carbocycles. The number of piperazine rings is 1. The number of hydrogen-bond donors (Lipinski definition) is 1. The van der Waals surface area contributed by atoms with E-state index in [2.05, 4.69) is 12.6 Å². The number of thiol groups is 1. The van der Waals surface area contributed by atoms with Gasteiger partial charge >= 0.3 is 0 Å². The Hall–Kier alpha value is -2.48. The van der Waals surface area contributed by atoms with Crippen molar-refractivity contribution in [1.82, 2.24) is 9.80 Å². The molecule has 1 heterocycles. The van der Waals surface area contributed by atoms with Crippen molar-refractivity contribution in [2.24, 2.45) is 0 Å². The molecule has 0 atom stereocenters. The molecule has 2 amide bonds. The fourth-order valence-electron chi connectivity index (χ4n) is 2.80. The molecule has 0 radical (unpaired) electrons. The summed E-state index contributed by atoms with van der Waals surface area (Å²) in [6.45, 7) is 0.825. The third kappa shape index (κ3) is 3.41. The van der Waals surface area contributed by atoms with Gasteiger partial charge in [0.25, 0.3) is 11.8 Å². The highest BCUT2D eigenvalue weighted by Crippen LogP contribution is 2.20. The van der Waals surface area contributed by atoms with Crippen molar-refractivity contribution >= 4 is 24.4 Å². The van der Waals surface area contributed by atoms with E-state index < -0.39 is 28.9 Å². The van der Waals surface area contributed by atoms with Gasteiger partial charge in [-0.3, -0.25) is 9.59 Å². The third-order valence-electron chi connectivity index (χ3n) is 4.25. The molecule has 0 saturated carbocycles. The van der Waals surface area contributed by atoms with Crippen LogP contribution in [0.3, 0.4) is 0 Å². The summed E-state index contributed by atoms with van der Waals surface area (Å²) in [5.74, 6) is -5.46. The lowest BCUT2D eigenvalue weighted by atomic mass is 10.1. The number of benzene rings is 2. The quantitative estimate of drug-likeness (QED) is 0.643. The lowest BCUT2D eigenvalue weighted by molar-refractivity contribution is 0.0530. The first-order chi connectivity index (χ1) is 12.4. The Bertz CT molecular complexity index is 868. The van der Waals surface area contributed by atoms with Crippen LogP contribution >= 0.6 is 12.6 Å². The van der Waals surface area contributed by atoms with Gasteiger partial charge in [-0.15, -0.1) is 12.6 Å². The monoisotopic (exact) mass is 380 g/mol. The molecule has 0 unspecified atom stereocenters. The van der Waals surface area contributed by atoms with E-state index in [0.717, 1.165) is 12.1 Å². The fourth-order valence-corrected chi connectivity index (χ4v) is 3.06. The Balaban J connectivity index is 1.69. The van der Waals surface area contributed by atoms with Gasteiger partial charge in [0.05, 0.1) is 11.1 Å². The predicted octanol–water partition coefficient (Wildman–Crippen LogP) is 2.99. The van der Waals surface area contributed by atoms with E-state index >= 15 is 0 Å². The van der Waals surface area contributed by atoms with Crippen molar-refractivity contribution in [3.05, 3.63) is 65.0 Å². The van der Waals surface area contributed by atoms with Crippen molar-refractivity contribution in [2.45, 2.75) is 4.90 Å². The molecule has 0 bridgehead atoms. The Morgan fingerprint density at radius 2 is 1.31 bits per heavy atom. The molecular formula is C18H15F3N2O2S. The van der Waals surface area contributed by atoms with Crippen LogP contribution in [0.4, 0.5) is 13.2 Å². The summed E-state index contributed by atoms with van der Waals surface area (Å²) < 4.78 is 40.1. The number of carbonyl (C=O) groups excluding carboxylic acids is 2. The van der Waals surface area contributed by atoms with Crippen LogP contribution in [0.25, 0.3) is 0 Å². The zero-order valence-electron chi connectivity index (χ0n) is 13.6. The van der Waals surface area contributed by atoms with Crippen LogP contribution in [0.2, 0.25) is 0 Å². The predicted molar refractivity (Wildman–Crippen MR) is 91.8 cm³/mol. The van der Waals surface area contributed by atoms with Crippen molar-refractivity contribution in [2.75, 3.05) is 26.2 Å². The van der Waals surface area contributed by atoms with Crippen molar-refractivity contribution in [1.29, 1.82) is 0 Å². The van der Waals surface area contributed by atoms with Gasteiger partial charge in [0.15, 0.2) is 17.5 Å². The third-order valence-corrected chi connectivity index (χ3v) is 4.64. The number of hydrogen-bond acceptors (Lipinski definition) is 3. The van der Waals surface area contributed by atoms with Gasteiger partial charge in [-0.1, -0.05) is 12.1 Å². The SMILES string of the molecule is O=C(c1ccccc1S)N1CCN(C(=O)c2ccc(F)c(F)c2F)CC1. The van der Waals surface area contributed by atoms with Crippen molar-refractivity contribution in [3.8, 4) is 0 Å². The molecule has 136 valence electrons. The first-order valence-electron chi connectivity index (χ1n) is 7.90.